The minimum Gasteiger partial charge on any atom is -0.481 e. The molecule has 1 aliphatic carbocycles. The molecule has 1 atom stereocenters. The van der Waals surface area contributed by atoms with E-state index in [4.69, 9.17) is 11.6 Å². The fourth-order valence-corrected chi connectivity index (χ4v) is 4.11. The minimum absolute atomic E-state index is 0.207. The Balaban J connectivity index is 0.000000214. The van der Waals surface area contributed by atoms with Crippen molar-refractivity contribution < 1.29 is 19.8 Å². The summed E-state index contributed by atoms with van der Waals surface area (Å²) in [5.74, 6) is -1.76. The van der Waals surface area contributed by atoms with Crippen LogP contribution in [0.3, 0.4) is 0 Å². The Kier molecular flexibility index (Phi) is 8.08. The molecule has 4 nitrogen and oxygen atoms in total. The van der Waals surface area contributed by atoms with Crippen molar-refractivity contribution in [2.75, 3.05) is 0 Å². The zero-order valence-corrected chi connectivity index (χ0v) is 18.7. The van der Waals surface area contributed by atoms with Crippen LogP contribution in [0.1, 0.15) is 57.6 Å². The molecule has 0 aliphatic heterocycles. The standard InChI is InChI=1S/C13H18O2.C12H13ClO2/c1-13(2,3)11(12(14)15)9-10-7-5-4-6-8-10;13-10-5-3-9(4-6-10)12(11(14)15)7-1-2-8-12/h4-8,11H,9H2,1-3H3,(H,14,15);3-6H,1-2,7-8H2,(H,14,15). The van der Waals surface area contributed by atoms with Crippen LogP contribution in [0.4, 0.5) is 0 Å². The van der Waals surface area contributed by atoms with Crippen LogP contribution < -0.4 is 0 Å². The molecule has 1 unspecified atom stereocenters. The second-order valence-electron chi connectivity index (χ2n) is 9.05. The molecule has 0 heterocycles. The van der Waals surface area contributed by atoms with E-state index in [0.717, 1.165) is 36.8 Å². The molecule has 2 aromatic carbocycles. The third-order valence-electron chi connectivity index (χ3n) is 5.89. The van der Waals surface area contributed by atoms with Gasteiger partial charge in [0, 0.05) is 5.02 Å². The van der Waals surface area contributed by atoms with Gasteiger partial charge in [-0.05, 0) is 47.9 Å². The van der Waals surface area contributed by atoms with E-state index in [1.54, 1.807) is 12.1 Å². The Bertz CT molecular complexity index is 832. The highest BCUT2D eigenvalue weighted by Crippen LogP contribution is 2.41. The molecule has 0 aromatic heterocycles. The van der Waals surface area contributed by atoms with Crippen molar-refractivity contribution in [3.8, 4) is 0 Å². The van der Waals surface area contributed by atoms with Gasteiger partial charge in [0.25, 0.3) is 0 Å². The number of benzene rings is 2. The summed E-state index contributed by atoms with van der Waals surface area (Å²) in [6.45, 7) is 5.90. The highest BCUT2D eigenvalue weighted by atomic mass is 35.5. The number of carboxylic acids is 2. The van der Waals surface area contributed by atoms with Crippen molar-refractivity contribution in [3.63, 3.8) is 0 Å². The lowest BCUT2D eigenvalue weighted by Gasteiger charge is -2.27. The van der Waals surface area contributed by atoms with Gasteiger partial charge in [-0.2, -0.15) is 0 Å². The average Bonchev–Trinajstić information content (AvgIpc) is 3.18. The van der Waals surface area contributed by atoms with Gasteiger partial charge in [0.05, 0.1) is 11.3 Å². The summed E-state index contributed by atoms with van der Waals surface area (Å²) in [5.41, 5.74) is 1.10. The van der Waals surface area contributed by atoms with E-state index in [9.17, 15) is 19.8 Å². The normalized spacial score (nSPS) is 16.3. The Labute approximate surface area is 183 Å². The highest BCUT2D eigenvalue weighted by molar-refractivity contribution is 6.30. The first-order valence-electron chi connectivity index (χ1n) is 10.3. The largest absolute Gasteiger partial charge is 0.481 e. The van der Waals surface area contributed by atoms with E-state index in [0.29, 0.717) is 11.4 Å². The molecule has 5 heteroatoms. The smallest absolute Gasteiger partial charge is 0.314 e. The van der Waals surface area contributed by atoms with Crippen molar-refractivity contribution in [1.29, 1.82) is 0 Å². The summed E-state index contributed by atoms with van der Waals surface area (Å²) in [7, 11) is 0. The Hall–Kier alpha value is -2.33. The third-order valence-corrected chi connectivity index (χ3v) is 6.14. The predicted molar refractivity (Wildman–Crippen MR) is 120 cm³/mol. The van der Waals surface area contributed by atoms with E-state index in [1.165, 1.54) is 0 Å². The second-order valence-corrected chi connectivity index (χ2v) is 9.48. The number of hydrogen-bond donors (Lipinski definition) is 2. The first-order valence-corrected chi connectivity index (χ1v) is 10.7. The Morgan fingerprint density at radius 2 is 1.50 bits per heavy atom. The highest BCUT2D eigenvalue weighted by Gasteiger charge is 2.42. The van der Waals surface area contributed by atoms with Crippen molar-refractivity contribution in [3.05, 3.63) is 70.7 Å². The molecule has 0 amide bonds. The van der Waals surface area contributed by atoms with Crippen LogP contribution in [0, 0.1) is 11.3 Å². The van der Waals surface area contributed by atoms with E-state index in [1.807, 2.05) is 63.2 Å². The summed E-state index contributed by atoms with van der Waals surface area (Å²) in [6, 6.07) is 17.0. The van der Waals surface area contributed by atoms with Crippen LogP contribution in [-0.2, 0) is 21.4 Å². The molecule has 2 N–H and O–H groups in total. The van der Waals surface area contributed by atoms with Crippen LogP contribution in [0.25, 0.3) is 0 Å². The molecule has 0 radical (unpaired) electrons. The lowest BCUT2D eigenvalue weighted by Crippen LogP contribution is -2.32. The van der Waals surface area contributed by atoms with Crippen LogP contribution in [0.15, 0.2) is 54.6 Å². The SMILES string of the molecule is CC(C)(C)C(Cc1ccccc1)C(=O)O.O=C(O)C1(c2ccc(Cl)cc2)CCCC1. The fraction of sp³-hybridized carbons (Fsp3) is 0.440. The lowest BCUT2D eigenvalue weighted by atomic mass is 9.77. The quantitative estimate of drug-likeness (QED) is 0.591. The maximum Gasteiger partial charge on any atom is 0.314 e. The van der Waals surface area contributed by atoms with Gasteiger partial charge >= 0.3 is 11.9 Å². The molecule has 0 saturated heterocycles. The van der Waals surface area contributed by atoms with Gasteiger partial charge in [0.15, 0.2) is 0 Å². The van der Waals surface area contributed by atoms with Gasteiger partial charge in [0.2, 0.25) is 0 Å². The number of carboxylic acid groups (broad SMARTS) is 2. The van der Waals surface area contributed by atoms with Crippen molar-refractivity contribution in [2.24, 2.45) is 11.3 Å². The summed E-state index contributed by atoms with van der Waals surface area (Å²) < 4.78 is 0. The zero-order valence-electron chi connectivity index (χ0n) is 17.9. The van der Waals surface area contributed by atoms with Gasteiger partial charge in [-0.3, -0.25) is 9.59 Å². The van der Waals surface area contributed by atoms with Gasteiger partial charge in [-0.25, -0.2) is 0 Å². The number of carbonyl (C=O) groups is 2. The van der Waals surface area contributed by atoms with Crippen molar-refractivity contribution >= 4 is 23.5 Å². The van der Waals surface area contributed by atoms with E-state index < -0.39 is 17.4 Å². The van der Waals surface area contributed by atoms with E-state index in [2.05, 4.69) is 0 Å². The maximum absolute atomic E-state index is 11.4. The van der Waals surface area contributed by atoms with Gasteiger partial charge in [-0.15, -0.1) is 0 Å². The fourth-order valence-electron chi connectivity index (χ4n) is 3.99. The summed E-state index contributed by atoms with van der Waals surface area (Å²) >= 11 is 5.80. The van der Waals surface area contributed by atoms with Gasteiger partial charge < -0.3 is 10.2 Å². The Morgan fingerprint density at radius 1 is 0.967 bits per heavy atom. The number of rotatable bonds is 5. The molecule has 162 valence electrons. The molecule has 3 rings (SSSR count). The lowest BCUT2D eigenvalue weighted by molar-refractivity contribution is -0.145. The van der Waals surface area contributed by atoms with Crippen LogP contribution >= 0.6 is 11.6 Å². The third kappa shape index (κ3) is 6.09. The van der Waals surface area contributed by atoms with E-state index in [-0.39, 0.29) is 11.3 Å². The van der Waals surface area contributed by atoms with Gasteiger partial charge in [-0.1, -0.05) is 87.7 Å². The summed E-state index contributed by atoms with van der Waals surface area (Å²) in [5, 5.41) is 19.2. The first kappa shape index (κ1) is 23.9. The summed E-state index contributed by atoms with van der Waals surface area (Å²) in [4.78, 5) is 22.5. The van der Waals surface area contributed by atoms with Gasteiger partial charge in [0.1, 0.15) is 0 Å². The van der Waals surface area contributed by atoms with Crippen molar-refractivity contribution in [2.45, 2.75) is 58.3 Å². The molecule has 30 heavy (non-hydrogen) atoms. The Morgan fingerprint density at radius 3 is 1.93 bits per heavy atom. The maximum atomic E-state index is 11.4. The van der Waals surface area contributed by atoms with Crippen LogP contribution in [0.2, 0.25) is 5.02 Å². The molecule has 0 bridgehead atoms. The predicted octanol–water partition coefficient (Wildman–Crippen LogP) is 6.21. The monoisotopic (exact) mass is 430 g/mol. The molecule has 1 saturated carbocycles. The molecule has 1 fully saturated rings. The number of aliphatic carboxylic acids is 2. The zero-order chi connectivity index (χ0) is 22.4. The second kappa shape index (κ2) is 10.1. The topological polar surface area (TPSA) is 74.6 Å². The number of hydrogen-bond acceptors (Lipinski definition) is 2. The first-order chi connectivity index (χ1) is 14.1. The molecular formula is C25H31ClO4. The van der Waals surface area contributed by atoms with Crippen molar-refractivity contribution in [1.82, 2.24) is 0 Å². The molecule has 0 spiro atoms. The minimum atomic E-state index is -0.716. The average molecular weight is 431 g/mol. The summed E-state index contributed by atoms with van der Waals surface area (Å²) in [6.07, 6.45) is 4.07. The van der Waals surface area contributed by atoms with E-state index >= 15 is 0 Å². The van der Waals surface area contributed by atoms with Crippen LogP contribution in [0.5, 0.6) is 0 Å². The molecule has 2 aromatic rings. The molecule has 1 aliphatic rings. The number of halogens is 1. The molecular weight excluding hydrogens is 400 g/mol. The van der Waals surface area contributed by atoms with Crippen LogP contribution in [-0.4, -0.2) is 22.2 Å².